The molecule has 0 heterocycles. The Labute approximate surface area is 160 Å². The Bertz CT molecular complexity index is 846. The zero-order chi connectivity index (χ0) is 19.6. The molecule has 3 rings (SSSR count). The van der Waals surface area contributed by atoms with Crippen molar-refractivity contribution in [1.82, 2.24) is 5.32 Å². The van der Waals surface area contributed by atoms with Gasteiger partial charge in [-0.25, -0.2) is 0 Å². The molecule has 2 aromatic rings. The topological polar surface area (TPSA) is 63.2 Å². The van der Waals surface area contributed by atoms with Crippen molar-refractivity contribution in [2.24, 2.45) is 0 Å². The van der Waals surface area contributed by atoms with E-state index in [9.17, 15) is 14.4 Å². The van der Waals surface area contributed by atoms with Gasteiger partial charge in [0, 0.05) is 17.5 Å². The number of unbranched alkanes of at least 4 members (excludes halogenated alkanes) is 1. The third-order valence-corrected chi connectivity index (χ3v) is 5.19. The lowest BCUT2D eigenvalue weighted by Crippen LogP contribution is -2.54. The number of Topliss-reactive ketones (excluding diaryl/α,β-unsaturated/α-hetero) is 2. The normalized spacial score (nSPS) is 15.1. The molecule has 0 unspecified atom stereocenters. The summed E-state index contributed by atoms with van der Waals surface area (Å²) in [5.74, 6) is -0.656. The Kier molecular flexibility index (Phi) is 5.26. The second kappa shape index (κ2) is 7.47. The fraction of sp³-hybridized carbons (Fsp3) is 0.348. The highest BCUT2D eigenvalue weighted by molar-refractivity contribution is 6.33. The number of benzene rings is 2. The van der Waals surface area contributed by atoms with Crippen LogP contribution in [0.15, 0.2) is 48.5 Å². The molecule has 2 aromatic carbocycles. The number of fused-ring (bicyclic) bond motifs is 1. The number of hydrogen-bond donors (Lipinski definition) is 1. The van der Waals surface area contributed by atoms with Crippen LogP contribution in [0.25, 0.3) is 0 Å². The summed E-state index contributed by atoms with van der Waals surface area (Å²) in [4.78, 5) is 39.2. The summed E-state index contributed by atoms with van der Waals surface area (Å²) in [5.41, 5.74) is 0.700. The first-order valence-electron chi connectivity index (χ1n) is 9.52. The molecule has 140 valence electrons. The van der Waals surface area contributed by atoms with Gasteiger partial charge in [0.2, 0.25) is 17.5 Å². The lowest BCUT2D eigenvalue weighted by Gasteiger charge is -2.28. The van der Waals surface area contributed by atoms with Gasteiger partial charge < -0.3 is 5.32 Å². The summed E-state index contributed by atoms with van der Waals surface area (Å²) in [6, 6.07) is 14.2. The van der Waals surface area contributed by atoms with Crippen molar-refractivity contribution in [3.05, 3.63) is 70.8 Å². The van der Waals surface area contributed by atoms with Gasteiger partial charge in [0.25, 0.3) is 0 Å². The molecular weight excluding hydrogens is 338 g/mol. The molecular formula is C23H25NO3. The van der Waals surface area contributed by atoms with Crippen molar-refractivity contribution < 1.29 is 14.4 Å². The molecule has 0 spiro atoms. The van der Waals surface area contributed by atoms with Crippen LogP contribution in [0, 0.1) is 0 Å². The van der Waals surface area contributed by atoms with Crippen LogP contribution in [0.3, 0.4) is 0 Å². The zero-order valence-electron chi connectivity index (χ0n) is 16.0. The molecule has 4 nitrogen and oxygen atoms in total. The molecule has 1 aliphatic carbocycles. The maximum atomic E-state index is 13.3. The number of ketones is 2. The molecule has 0 aromatic heterocycles. The molecule has 0 bridgehead atoms. The van der Waals surface area contributed by atoms with Crippen LogP contribution in [0.2, 0.25) is 0 Å². The molecule has 1 amide bonds. The maximum absolute atomic E-state index is 13.3. The summed E-state index contributed by atoms with van der Waals surface area (Å²) in [6.07, 6.45) is 1.87. The van der Waals surface area contributed by atoms with Crippen molar-refractivity contribution in [3.63, 3.8) is 0 Å². The molecule has 0 atom stereocenters. The highest BCUT2D eigenvalue weighted by Gasteiger charge is 2.55. The van der Waals surface area contributed by atoms with E-state index in [1.165, 1.54) is 0 Å². The van der Waals surface area contributed by atoms with Gasteiger partial charge in [-0.1, -0.05) is 75.7 Å². The van der Waals surface area contributed by atoms with Crippen molar-refractivity contribution in [2.75, 3.05) is 0 Å². The van der Waals surface area contributed by atoms with Gasteiger partial charge in [-0.05, 0) is 23.5 Å². The number of carbonyl (C=O) groups excluding carboxylic acids is 3. The van der Waals surface area contributed by atoms with E-state index in [2.05, 4.69) is 19.2 Å². The third-order valence-electron chi connectivity index (χ3n) is 5.19. The van der Waals surface area contributed by atoms with Crippen molar-refractivity contribution >= 4 is 17.5 Å². The average Bonchev–Trinajstić information content (AvgIpc) is 2.89. The predicted molar refractivity (Wildman–Crippen MR) is 105 cm³/mol. The third kappa shape index (κ3) is 3.20. The minimum absolute atomic E-state index is 0.278. The van der Waals surface area contributed by atoms with Crippen molar-refractivity contribution in [1.29, 1.82) is 0 Å². The Hall–Kier alpha value is -2.75. The first kappa shape index (κ1) is 19.0. The monoisotopic (exact) mass is 363 g/mol. The van der Waals surface area contributed by atoms with Crippen LogP contribution in [-0.2, 0) is 10.3 Å². The molecule has 1 N–H and O–H groups in total. The number of nitrogens with one attached hydrogen (secondary N) is 1. The molecule has 0 saturated heterocycles. The van der Waals surface area contributed by atoms with Crippen molar-refractivity contribution in [2.45, 2.75) is 51.5 Å². The van der Waals surface area contributed by atoms with Crippen LogP contribution in [0.5, 0.6) is 0 Å². The molecule has 27 heavy (non-hydrogen) atoms. The van der Waals surface area contributed by atoms with E-state index in [1.54, 1.807) is 36.4 Å². The van der Waals surface area contributed by atoms with E-state index in [4.69, 9.17) is 0 Å². The number of hydrogen-bond acceptors (Lipinski definition) is 3. The van der Waals surface area contributed by atoms with E-state index < -0.39 is 5.54 Å². The van der Waals surface area contributed by atoms with Gasteiger partial charge in [-0.2, -0.15) is 0 Å². The van der Waals surface area contributed by atoms with E-state index in [-0.39, 0.29) is 17.5 Å². The number of carbonyl (C=O) groups is 3. The summed E-state index contributed by atoms with van der Waals surface area (Å²) >= 11 is 0. The lowest BCUT2D eigenvalue weighted by atomic mass is 9.83. The number of rotatable bonds is 6. The Morgan fingerprint density at radius 2 is 1.52 bits per heavy atom. The van der Waals surface area contributed by atoms with Crippen molar-refractivity contribution in [3.8, 4) is 0 Å². The predicted octanol–water partition coefficient (Wildman–Crippen LogP) is 4.39. The van der Waals surface area contributed by atoms with Crippen LogP contribution < -0.4 is 5.32 Å². The van der Waals surface area contributed by atoms with Gasteiger partial charge in [-0.15, -0.1) is 0 Å². The standard InChI is InChI=1S/C23H25NO3/c1-4-5-10-20(25)24-23(17-13-11-16(12-14-17)15(2)3)21(26)18-8-6-7-9-19(18)22(23)27/h6-9,11-15H,4-5,10H2,1-3H3,(H,24,25). The van der Waals surface area contributed by atoms with Crippen LogP contribution >= 0.6 is 0 Å². The first-order chi connectivity index (χ1) is 12.9. The van der Waals surface area contributed by atoms with Crippen LogP contribution in [0.1, 0.15) is 77.8 Å². The number of amides is 1. The van der Waals surface area contributed by atoms with Gasteiger partial charge >= 0.3 is 0 Å². The minimum Gasteiger partial charge on any atom is -0.333 e. The quantitative estimate of drug-likeness (QED) is 0.774. The molecule has 0 saturated carbocycles. The maximum Gasteiger partial charge on any atom is 0.221 e. The molecule has 0 aliphatic heterocycles. The molecule has 0 fully saturated rings. The zero-order valence-corrected chi connectivity index (χ0v) is 16.0. The van der Waals surface area contributed by atoms with Crippen LogP contribution in [0.4, 0.5) is 0 Å². The average molecular weight is 363 g/mol. The van der Waals surface area contributed by atoms with Crippen LogP contribution in [-0.4, -0.2) is 17.5 Å². The first-order valence-corrected chi connectivity index (χ1v) is 9.52. The summed E-state index contributed by atoms with van der Waals surface area (Å²) < 4.78 is 0. The van der Waals surface area contributed by atoms with Gasteiger partial charge in [-0.3, -0.25) is 14.4 Å². The minimum atomic E-state index is -1.66. The lowest BCUT2D eigenvalue weighted by molar-refractivity contribution is -0.122. The molecule has 1 aliphatic rings. The highest BCUT2D eigenvalue weighted by atomic mass is 16.2. The van der Waals surface area contributed by atoms with Gasteiger partial charge in [0.05, 0.1) is 0 Å². The largest absolute Gasteiger partial charge is 0.333 e. The fourth-order valence-corrected chi connectivity index (χ4v) is 3.56. The highest BCUT2D eigenvalue weighted by Crippen LogP contribution is 2.38. The Balaban J connectivity index is 2.09. The fourth-order valence-electron chi connectivity index (χ4n) is 3.56. The molecule has 0 radical (unpaired) electrons. The second-order valence-electron chi connectivity index (χ2n) is 7.38. The Morgan fingerprint density at radius 1 is 0.963 bits per heavy atom. The second-order valence-corrected chi connectivity index (χ2v) is 7.38. The summed E-state index contributed by atoms with van der Waals surface area (Å²) in [5, 5.41) is 2.80. The summed E-state index contributed by atoms with van der Waals surface area (Å²) in [6.45, 7) is 6.16. The molecule has 4 heteroatoms. The van der Waals surface area contributed by atoms with E-state index >= 15 is 0 Å². The van der Waals surface area contributed by atoms with E-state index in [1.807, 2.05) is 19.1 Å². The van der Waals surface area contributed by atoms with E-state index in [0.29, 0.717) is 35.4 Å². The van der Waals surface area contributed by atoms with Gasteiger partial charge in [0.1, 0.15) is 0 Å². The SMILES string of the molecule is CCCCC(=O)NC1(c2ccc(C(C)C)cc2)C(=O)c2ccccc2C1=O. The summed E-state index contributed by atoms with van der Waals surface area (Å²) in [7, 11) is 0. The smallest absolute Gasteiger partial charge is 0.221 e. The van der Waals surface area contributed by atoms with Gasteiger partial charge in [0.15, 0.2) is 5.54 Å². The van der Waals surface area contributed by atoms with E-state index in [0.717, 1.165) is 12.0 Å². The Morgan fingerprint density at radius 3 is 2.00 bits per heavy atom.